The van der Waals surface area contributed by atoms with Gasteiger partial charge in [0.25, 0.3) is 0 Å². The van der Waals surface area contributed by atoms with Crippen LogP contribution in [0.4, 0.5) is 0 Å². The number of carbonyl (C=O) groups excluding carboxylic acids is 2. The summed E-state index contributed by atoms with van der Waals surface area (Å²) in [7, 11) is 1.30. The Morgan fingerprint density at radius 2 is 1.78 bits per heavy atom. The van der Waals surface area contributed by atoms with E-state index in [1.54, 1.807) is 32.4 Å². The molecule has 0 saturated carbocycles. The van der Waals surface area contributed by atoms with E-state index in [2.05, 4.69) is 20.3 Å². The Morgan fingerprint density at radius 3 is 2.42 bits per heavy atom. The van der Waals surface area contributed by atoms with Gasteiger partial charge in [-0.3, -0.25) is 9.97 Å². The first-order chi connectivity index (χ1) is 17.5. The van der Waals surface area contributed by atoms with Crippen LogP contribution < -0.4 is 5.32 Å². The molecule has 1 N–H and O–H groups in total. The van der Waals surface area contributed by atoms with Gasteiger partial charge in [-0.1, -0.05) is 30.3 Å². The number of benzene rings is 1. The maximum absolute atomic E-state index is 13.2. The molecule has 36 heavy (non-hydrogen) atoms. The Balaban J connectivity index is 1.45. The molecule has 4 rings (SSSR count). The number of nitrogens with one attached hydrogen (secondary N) is 1. The first-order valence-electron chi connectivity index (χ1n) is 11.4. The lowest BCUT2D eigenvalue weighted by molar-refractivity contribution is -0.138. The molecule has 0 saturated heterocycles. The lowest BCUT2D eigenvalue weighted by Crippen LogP contribution is -2.32. The second-order valence-corrected chi connectivity index (χ2v) is 8.23. The summed E-state index contributed by atoms with van der Waals surface area (Å²) in [6.07, 6.45) is 13.7. The Labute approximate surface area is 209 Å². The van der Waals surface area contributed by atoms with Gasteiger partial charge < -0.3 is 19.4 Å². The van der Waals surface area contributed by atoms with E-state index in [1.807, 2.05) is 41.1 Å². The molecule has 0 radical (unpaired) electrons. The van der Waals surface area contributed by atoms with E-state index in [9.17, 15) is 9.59 Å². The van der Waals surface area contributed by atoms with E-state index in [0.717, 1.165) is 17.7 Å². The summed E-state index contributed by atoms with van der Waals surface area (Å²) in [6.45, 7) is 4.33. The van der Waals surface area contributed by atoms with Gasteiger partial charge in [0.2, 0.25) is 0 Å². The minimum Gasteiger partial charge on any atom is -0.466 e. The number of hydrogen-bond donors (Lipinski definition) is 1. The molecule has 0 spiro atoms. The highest BCUT2D eigenvalue weighted by Gasteiger charge is 2.38. The Bertz CT molecular complexity index is 1310. The van der Waals surface area contributed by atoms with Crippen LogP contribution in [0.1, 0.15) is 36.6 Å². The summed E-state index contributed by atoms with van der Waals surface area (Å²) in [6, 6.07) is 8.09. The summed E-state index contributed by atoms with van der Waals surface area (Å²) in [5.41, 5.74) is 4.35. The second-order valence-electron chi connectivity index (χ2n) is 8.23. The summed E-state index contributed by atoms with van der Waals surface area (Å²) in [4.78, 5) is 38.3. The molecule has 0 bridgehead atoms. The summed E-state index contributed by atoms with van der Waals surface area (Å²) >= 11 is 0. The molecule has 9 heteroatoms. The van der Waals surface area contributed by atoms with Gasteiger partial charge in [-0.2, -0.15) is 0 Å². The zero-order valence-electron chi connectivity index (χ0n) is 20.3. The van der Waals surface area contributed by atoms with Crippen molar-refractivity contribution in [3.63, 3.8) is 0 Å². The number of allylic oxidation sites excluding steroid dienone is 2. The third-order valence-electron chi connectivity index (χ3n) is 5.79. The Kier molecular flexibility index (Phi) is 7.69. The molecule has 1 unspecified atom stereocenters. The molecule has 2 aromatic heterocycles. The number of carbonyl (C=O) groups is 2. The zero-order valence-corrected chi connectivity index (χ0v) is 20.3. The quantitative estimate of drug-likeness (QED) is 0.484. The number of esters is 2. The van der Waals surface area contributed by atoms with Crippen LogP contribution in [0.5, 0.6) is 0 Å². The highest BCUT2D eigenvalue weighted by atomic mass is 16.5. The van der Waals surface area contributed by atoms with Crippen molar-refractivity contribution in [1.29, 1.82) is 0 Å². The topological polar surface area (TPSA) is 108 Å². The minimum absolute atomic E-state index is 0.0653. The van der Waals surface area contributed by atoms with Crippen molar-refractivity contribution in [3.05, 3.63) is 107 Å². The number of hydrogen-bond acceptors (Lipinski definition) is 8. The van der Waals surface area contributed by atoms with Crippen molar-refractivity contribution in [3.8, 4) is 0 Å². The molecule has 3 aromatic rings. The van der Waals surface area contributed by atoms with Crippen LogP contribution in [-0.2, 0) is 25.6 Å². The summed E-state index contributed by atoms with van der Waals surface area (Å²) in [5.74, 6) is -1.86. The van der Waals surface area contributed by atoms with E-state index >= 15 is 0 Å². The predicted molar refractivity (Wildman–Crippen MR) is 133 cm³/mol. The summed E-state index contributed by atoms with van der Waals surface area (Å²) in [5, 5.41) is 3.10. The molecule has 1 atom stereocenters. The summed E-state index contributed by atoms with van der Waals surface area (Å²) < 4.78 is 12.5. The van der Waals surface area contributed by atoms with Crippen molar-refractivity contribution in [2.24, 2.45) is 0 Å². The van der Waals surface area contributed by atoms with Crippen molar-refractivity contribution in [2.75, 3.05) is 13.7 Å². The van der Waals surface area contributed by atoms with E-state index in [1.165, 1.54) is 25.7 Å². The Hall–Kier alpha value is -4.53. The largest absolute Gasteiger partial charge is 0.466 e. The van der Waals surface area contributed by atoms with Gasteiger partial charge in [0, 0.05) is 48.9 Å². The number of aromatic nitrogens is 4. The maximum Gasteiger partial charge on any atom is 0.337 e. The van der Waals surface area contributed by atoms with Crippen LogP contribution in [0.15, 0.2) is 90.2 Å². The molecule has 9 nitrogen and oxygen atoms in total. The van der Waals surface area contributed by atoms with Gasteiger partial charge in [-0.05, 0) is 31.1 Å². The van der Waals surface area contributed by atoms with Gasteiger partial charge in [0.1, 0.15) is 6.61 Å². The third kappa shape index (κ3) is 5.57. The number of methoxy groups -OCH3 is 1. The van der Waals surface area contributed by atoms with Crippen LogP contribution in [0.2, 0.25) is 0 Å². The van der Waals surface area contributed by atoms with Crippen molar-refractivity contribution in [1.82, 2.24) is 24.8 Å². The van der Waals surface area contributed by atoms with Crippen LogP contribution >= 0.6 is 0 Å². The molecule has 0 fully saturated rings. The van der Waals surface area contributed by atoms with Crippen molar-refractivity contribution < 1.29 is 19.1 Å². The van der Waals surface area contributed by atoms with Crippen LogP contribution in [0.3, 0.4) is 0 Å². The maximum atomic E-state index is 13.2. The lowest BCUT2D eigenvalue weighted by Gasteiger charge is -2.29. The molecule has 184 valence electrons. The van der Waals surface area contributed by atoms with Crippen LogP contribution in [0, 0.1) is 0 Å². The van der Waals surface area contributed by atoms with Gasteiger partial charge in [-0.15, -0.1) is 0 Å². The standard InChI is InChI=1S/C27H27N5O4/c1-18-23(26(33)35-3)25(22-15-28-10-11-30-22)24(19(2)31-18)27(34)36-14-4-5-20-6-8-21(9-7-20)16-32-13-12-29-17-32/h4-13,15,17,25,31H,14,16H2,1-3H3/b5-4+. The van der Waals surface area contributed by atoms with Gasteiger partial charge in [0.05, 0.1) is 36.2 Å². The SMILES string of the molecule is COC(=O)C1=C(C)NC(C)=C(C(=O)OC/C=C/c2ccc(Cn3ccnc3)cc2)C1c1cnccn1. The number of imidazole rings is 1. The fourth-order valence-electron chi connectivity index (χ4n) is 4.11. The average molecular weight is 486 g/mol. The van der Waals surface area contributed by atoms with E-state index < -0.39 is 17.9 Å². The molecule has 1 aliphatic heterocycles. The van der Waals surface area contributed by atoms with Crippen molar-refractivity contribution in [2.45, 2.75) is 26.3 Å². The number of nitrogens with zero attached hydrogens (tertiary/aromatic N) is 4. The fraction of sp³-hybridized carbons (Fsp3) is 0.222. The smallest absolute Gasteiger partial charge is 0.337 e. The van der Waals surface area contributed by atoms with E-state index in [0.29, 0.717) is 28.2 Å². The van der Waals surface area contributed by atoms with Gasteiger partial charge >= 0.3 is 11.9 Å². The third-order valence-corrected chi connectivity index (χ3v) is 5.79. The average Bonchev–Trinajstić information content (AvgIpc) is 3.40. The molecule has 1 aromatic carbocycles. The predicted octanol–water partition coefficient (Wildman–Crippen LogP) is 3.39. The highest BCUT2D eigenvalue weighted by molar-refractivity contribution is 5.99. The fourth-order valence-corrected chi connectivity index (χ4v) is 4.11. The number of ether oxygens (including phenoxy) is 2. The minimum atomic E-state index is -0.757. The molecule has 0 amide bonds. The van der Waals surface area contributed by atoms with E-state index in [4.69, 9.17) is 9.47 Å². The first kappa shape index (κ1) is 24.6. The van der Waals surface area contributed by atoms with E-state index in [-0.39, 0.29) is 6.61 Å². The molecule has 1 aliphatic rings. The zero-order chi connectivity index (χ0) is 25.5. The molecule has 0 aliphatic carbocycles. The second kappa shape index (κ2) is 11.3. The molecule has 3 heterocycles. The van der Waals surface area contributed by atoms with Gasteiger partial charge in [-0.25, -0.2) is 14.6 Å². The molecular weight excluding hydrogens is 458 g/mol. The van der Waals surface area contributed by atoms with Crippen molar-refractivity contribution >= 4 is 18.0 Å². The number of rotatable bonds is 8. The number of dihydropyridines is 1. The van der Waals surface area contributed by atoms with Crippen LogP contribution in [-0.4, -0.2) is 45.2 Å². The molecular formula is C27H27N5O4. The monoisotopic (exact) mass is 485 g/mol. The normalized spacial score (nSPS) is 15.7. The van der Waals surface area contributed by atoms with Crippen LogP contribution in [0.25, 0.3) is 6.08 Å². The lowest BCUT2D eigenvalue weighted by atomic mass is 9.83. The first-order valence-corrected chi connectivity index (χ1v) is 11.4. The highest BCUT2D eigenvalue weighted by Crippen LogP contribution is 2.38. The van der Waals surface area contributed by atoms with Gasteiger partial charge in [0.15, 0.2) is 0 Å². The Morgan fingerprint density at radius 1 is 1.03 bits per heavy atom.